The van der Waals surface area contributed by atoms with Crippen molar-refractivity contribution in [1.29, 1.82) is 0 Å². The largest absolute Gasteiger partial charge is 0.309 e. The summed E-state index contributed by atoms with van der Waals surface area (Å²) in [5, 5.41) is 9.51. The van der Waals surface area contributed by atoms with Gasteiger partial charge in [-0.2, -0.15) is 19.9 Å². The van der Waals surface area contributed by atoms with Crippen LogP contribution in [-0.2, 0) is 0 Å². The maximum atomic E-state index is 5.27. The van der Waals surface area contributed by atoms with Crippen molar-refractivity contribution in [3.8, 4) is 102 Å². The van der Waals surface area contributed by atoms with E-state index in [4.69, 9.17) is 29.9 Å². The van der Waals surface area contributed by atoms with Gasteiger partial charge in [-0.3, -0.25) is 9.13 Å². The van der Waals surface area contributed by atoms with Crippen molar-refractivity contribution in [3.05, 3.63) is 376 Å². The normalized spacial score (nSPS) is 11.6. The first-order chi connectivity index (χ1) is 53.0. The molecule has 0 unspecified atom stereocenters. The van der Waals surface area contributed by atoms with Crippen molar-refractivity contribution in [1.82, 2.24) is 48.2 Å². The number of aryl methyl sites for hydroxylation is 1. The fourth-order valence-corrected chi connectivity index (χ4v) is 15.7. The van der Waals surface area contributed by atoms with Crippen molar-refractivity contribution in [2.75, 3.05) is 0 Å². The standard InChI is InChI=1S/C51H33N5.C46H31N5/c1-4-16-34(17-5-1)39-22-10-11-25-42(39)50-52-49(35-18-6-2-7-19-35)53-51(54-50)56-46-27-15-13-24-41(46)44-33-37(29-31-48(44)56)36-28-30-47-43(32-36)40-23-12-14-26-45(40)55(47)38-20-8-3-9-21-38;1-30-13-12-18-35(27-30)50-40-21-10-8-19-36(40)38-28-33(23-25-42(38)50)34-24-26-43-39(29-34)37-20-9-11-22-41(37)51(43)46-48-44(31-14-4-2-5-15-31)47-45(49-46)32-16-6-3-7-17-32/h1-33H;2-29H,1H3. The number of hydrogen-bond acceptors (Lipinski definition) is 6. The van der Waals surface area contributed by atoms with E-state index >= 15 is 0 Å². The molecule has 107 heavy (non-hydrogen) atoms. The second-order valence-electron chi connectivity index (χ2n) is 27.1. The number of hydrogen-bond donors (Lipinski definition) is 0. The lowest BCUT2D eigenvalue weighted by atomic mass is 9.99. The molecule has 6 aromatic heterocycles. The van der Waals surface area contributed by atoms with Gasteiger partial charge in [0.15, 0.2) is 23.3 Å². The van der Waals surface area contributed by atoms with Gasteiger partial charge in [-0.15, -0.1) is 0 Å². The first kappa shape index (κ1) is 62.3. The van der Waals surface area contributed by atoms with Crippen LogP contribution in [0.5, 0.6) is 0 Å². The Hall–Kier alpha value is -14.5. The topological polar surface area (TPSA) is 97.1 Å². The molecule has 0 amide bonds. The first-order valence-corrected chi connectivity index (χ1v) is 36.1. The van der Waals surface area contributed by atoms with Crippen LogP contribution in [0.2, 0.25) is 0 Å². The van der Waals surface area contributed by atoms with Gasteiger partial charge in [-0.25, -0.2) is 9.97 Å². The van der Waals surface area contributed by atoms with Crippen molar-refractivity contribution in [2.45, 2.75) is 6.92 Å². The molecule has 10 nitrogen and oxygen atoms in total. The average Bonchev–Trinajstić information content (AvgIpc) is 1.60. The van der Waals surface area contributed by atoms with Crippen LogP contribution < -0.4 is 0 Å². The first-order valence-electron chi connectivity index (χ1n) is 36.1. The van der Waals surface area contributed by atoms with E-state index in [0.717, 1.165) is 93.8 Å². The molecule has 21 rings (SSSR count). The average molecular weight is 1370 g/mol. The summed E-state index contributed by atoms with van der Waals surface area (Å²) < 4.78 is 9.10. The fourth-order valence-electron chi connectivity index (χ4n) is 15.7. The fraction of sp³-hybridized carbons (Fsp3) is 0.0103. The molecule has 21 aromatic rings. The van der Waals surface area contributed by atoms with E-state index in [0.29, 0.717) is 35.2 Å². The highest BCUT2D eigenvalue weighted by Crippen LogP contribution is 2.42. The van der Waals surface area contributed by atoms with Crippen LogP contribution in [0.15, 0.2) is 370 Å². The van der Waals surface area contributed by atoms with Gasteiger partial charge >= 0.3 is 0 Å². The molecule has 15 aromatic carbocycles. The van der Waals surface area contributed by atoms with Crippen molar-refractivity contribution in [3.63, 3.8) is 0 Å². The second kappa shape index (κ2) is 26.1. The summed E-state index contributed by atoms with van der Waals surface area (Å²) in [7, 11) is 0. The predicted octanol–water partition coefficient (Wildman–Crippen LogP) is 24.1. The van der Waals surface area contributed by atoms with E-state index < -0.39 is 0 Å². The van der Waals surface area contributed by atoms with Crippen molar-refractivity contribution >= 4 is 87.2 Å². The minimum absolute atomic E-state index is 0.575. The maximum Gasteiger partial charge on any atom is 0.238 e. The van der Waals surface area contributed by atoms with E-state index in [2.05, 4.69) is 304 Å². The lowest BCUT2D eigenvalue weighted by molar-refractivity contribution is 0.953. The van der Waals surface area contributed by atoms with Gasteiger partial charge in [0.25, 0.3) is 0 Å². The van der Waals surface area contributed by atoms with Crippen LogP contribution in [0.1, 0.15) is 5.56 Å². The highest BCUT2D eigenvalue weighted by molar-refractivity contribution is 6.15. The number of rotatable bonds is 11. The molecule has 10 heteroatoms. The maximum absolute atomic E-state index is 5.27. The van der Waals surface area contributed by atoms with E-state index in [1.807, 2.05) is 91.0 Å². The number of nitrogens with zero attached hydrogens (tertiary/aromatic N) is 10. The van der Waals surface area contributed by atoms with Crippen LogP contribution in [-0.4, -0.2) is 48.2 Å². The molecule has 0 N–H and O–H groups in total. The molecule has 0 atom stereocenters. The van der Waals surface area contributed by atoms with Gasteiger partial charge < -0.3 is 9.13 Å². The Balaban J connectivity index is 0.000000142. The minimum Gasteiger partial charge on any atom is -0.309 e. The molecule has 0 aliphatic rings. The number of para-hydroxylation sites is 5. The lowest BCUT2D eigenvalue weighted by Gasteiger charge is -2.13. The number of fused-ring (bicyclic) bond motifs is 12. The predicted molar refractivity (Wildman–Crippen MR) is 440 cm³/mol. The van der Waals surface area contributed by atoms with E-state index in [9.17, 15) is 0 Å². The Morgan fingerprint density at radius 2 is 0.467 bits per heavy atom. The van der Waals surface area contributed by atoms with Gasteiger partial charge in [0.2, 0.25) is 11.9 Å². The quantitative estimate of drug-likeness (QED) is 0.128. The van der Waals surface area contributed by atoms with Crippen LogP contribution in [0, 0.1) is 6.92 Å². The third-order valence-electron chi connectivity index (χ3n) is 20.6. The molecular weight excluding hydrogens is 1310 g/mol. The minimum atomic E-state index is 0.575. The molecule has 0 bridgehead atoms. The molecule has 6 heterocycles. The molecule has 0 spiro atoms. The number of aromatic nitrogens is 10. The Kier molecular flexibility index (Phi) is 15.2. The Morgan fingerprint density at radius 1 is 0.178 bits per heavy atom. The third-order valence-corrected chi connectivity index (χ3v) is 20.6. The van der Waals surface area contributed by atoms with Gasteiger partial charge in [0, 0.05) is 76.7 Å². The number of benzene rings is 15. The summed E-state index contributed by atoms with van der Waals surface area (Å²) in [4.78, 5) is 30.7. The summed E-state index contributed by atoms with van der Waals surface area (Å²) in [6.07, 6.45) is 0. The molecule has 0 fully saturated rings. The zero-order valence-corrected chi connectivity index (χ0v) is 58.2. The lowest BCUT2D eigenvalue weighted by Crippen LogP contribution is -2.06. The summed E-state index contributed by atoms with van der Waals surface area (Å²) in [5.41, 5.74) is 23.1. The zero-order valence-electron chi connectivity index (χ0n) is 58.2. The van der Waals surface area contributed by atoms with Gasteiger partial charge in [0.1, 0.15) is 0 Å². The smallest absolute Gasteiger partial charge is 0.238 e. The van der Waals surface area contributed by atoms with Gasteiger partial charge in [0.05, 0.1) is 44.1 Å². The summed E-state index contributed by atoms with van der Waals surface area (Å²) in [6, 6.07) is 130. The highest BCUT2D eigenvalue weighted by atomic mass is 15.2. The summed E-state index contributed by atoms with van der Waals surface area (Å²) in [6.45, 7) is 2.15. The third kappa shape index (κ3) is 11.0. The van der Waals surface area contributed by atoms with Gasteiger partial charge in [-0.05, 0) is 143 Å². The Bertz CT molecular complexity index is 6940. The van der Waals surface area contributed by atoms with Crippen LogP contribution in [0.25, 0.3) is 189 Å². The molecule has 0 aliphatic carbocycles. The van der Waals surface area contributed by atoms with Crippen LogP contribution in [0.4, 0.5) is 0 Å². The highest BCUT2D eigenvalue weighted by Gasteiger charge is 2.24. The molecule has 0 saturated heterocycles. The Labute approximate surface area is 616 Å². The van der Waals surface area contributed by atoms with Crippen molar-refractivity contribution < 1.29 is 0 Å². The summed E-state index contributed by atoms with van der Waals surface area (Å²) >= 11 is 0. The molecule has 502 valence electrons. The molecule has 0 radical (unpaired) electrons. The zero-order chi connectivity index (χ0) is 70.9. The molecule has 0 aliphatic heterocycles. The van der Waals surface area contributed by atoms with E-state index in [1.165, 1.54) is 66.0 Å². The van der Waals surface area contributed by atoms with E-state index in [1.54, 1.807) is 0 Å². The van der Waals surface area contributed by atoms with Crippen LogP contribution in [0.3, 0.4) is 0 Å². The van der Waals surface area contributed by atoms with Crippen LogP contribution >= 0.6 is 0 Å². The molecule has 0 saturated carbocycles. The molecular formula is C97H64N10. The summed E-state index contributed by atoms with van der Waals surface area (Å²) in [5.74, 6) is 3.69. The Morgan fingerprint density at radius 3 is 0.869 bits per heavy atom. The van der Waals surface area contributed by atoms with Crippen molar-refractivity contribution in [2.24, 2.45) is 0 Å². The van der Waals surface area contributed by atoms with Gasteiger partial charge in [-0.1, -0.05) is 273 Å². The second-order valence-corrected chi connectivity index (χ2v) is 27.1. The monoisotopic (exact) mass is 1370 g/mol. The van der Waals surface area contributed by atoms with E-state index in [-0.39, 0.29) is 0 Å². The SMILES string of the molecule is Cc1cccc(-n2c3ccccc3c3cc(-c4ccc5c(c4)c4ccccc4n5-c4nc(-c5ccccc5)nc(-c5ccccc5)n4)ccc32)c1.c1ccc(-c2nc(-c3ccccc3-c3ccccc3)nc(-n3c4ccccc4c4cc(-c5ccc6c(c5)c5ccccc5n6-c5ccccc5)ccc43)n2)cc1.